The summed E-state index contributed by atoms with van der Waals surface area (Å²) in [4.78, 5) is 8.95. The maximum atomic E-state index is 4.56. The van der Waals surface area contributed by atoms with Crippen molar-refractivity contribution in [2.45, 2.75) is 33.2 Å². The number of aromatic nitrogens is 2. The largest absolute Gasteiger partial charge is 0.366 e. The second kappa shape index (κ2) is 5.13. The summed E-state index contributed by atoms with van der Waals surface area (Å²) < 4.78 is 0. The van der Waals surface area contributed by atoms with E-state index in [1.807, 2.05) is 24.3 Å². The molecule has 0 radical (unpaired) electrons. The van der Waals surface area contributed by atoms with Crippen molar-refractivity contribution >= 4 is 16.9 Å². The van der Waals surface area contributed by atoms with Crippen LogP contribution in [0.15, 0.2) is 30.5 Å². The third kappa shape index (κ3) is 2.73. The molecule has 3 heteroatoms. The summed E-state index contributed by atoms with van der Waals surface area (Å²) in [7, 11) is 0. The average molecular weight is 229 g/mol. The maximum Gasteiger partial charge on any atom is 0.145 e. The molecule has 2 aromatic rings. The Balaban J connectivity index is 2.19. The zero-order valence-electron chi connectivity index (χ0n) is 10.6. The van der Waals surface area contributed by atoms with Crippen molar-refractivity contribution in [1.29, 1.82) is 0 Å². The van der Waals surface area contributed by atoms with Gasteiger partial charge in [-0.3, -0.25) is 4.98 Å². The molecule has 2 atom stereocenters. The van der Waals surface area contributed by atoms with E-state index < -0.39 is 0 Å². The number of nitrogens with one attached hydrogen (secondary N) is 1. The molecule has 1 heterocycles. The van der Waals surface area contributed by atoms with Gasteiger partial charge in [-0.15, -0.1) is 0 Å². The first-order chi connectivity index (χ1) is 8.20. The summed E-state index contributed by atoms with van der Waals surface area (Å²) in [5.41, 5.74) is 1.88. The van der Waals surface area contributed by atoms with Crippen LogP contribution in [0, 0.1) is 5.92 Å². The molecule has 0 aliphatic heterocycles. The Bertz CT molecular complexity index is 496. The van der Waals surface area contributed by atoms with Gasteiger partial charge in [0.2, 0.25) is 0 Å². The number of anilines is 1. The molecule has 0 aliphatic carbocycles. The Morgan fingerprint density at radius 2 is 1.88 bits per heavy atom. The van der Waals surface area contributed by atoms with Crippen LogP contribution < -0.4 is 5.32 Å². The van der Waals surface area contributed by atoms with Gasteiger partial charge in [-0.2, -0.15) is 0 Å². The van der Waals surface area contributed by atoms with E-state index in [1.54, 1.807) is 6.20 Å². The zero-order chi connectivity index (χ0) is 12.3. The van der Waals surface area contributed by atoms with Gasteiger partial charge in [0.1, 0.15) is 5.82 Å². The SMILES string of the molecule is CCC(C)C(C)Nc1cnc2ccccc2n1. The minimum Gasteiger partial charge on any atom is -0.366 e. The lowest BCUT2D eigenvalue weighted by Gasteiger charge is -2.20. The molecular formula is C14H19N3. The van der Waals surface area contributed by atoms with Gasteiger partial charge in [0.25, 0.3) is 0 Å². The highest BCUT2D eigenvalue weighted by molar-refractivity contribution is 5.75. The van der Waals surface area contributed by atoms with Crippen molar-refractivity contribution < 1.29 is 0 Å². The van der Waals surface area contributed by atoms with Crippen molar-refractivity contribution in [3.8, 4) is 0 Å². The van der Waals surface area contributed by atoms with Crippen LogP contribution in [0.1, 0.15) is 27.2 Å². The predicted molar refractivity (Wildman–Crippen MR) is 72.1 cm³/mol. The second-order valence-electron chi connectivity index (χ2n) is 4.56. The molecule has 0 amide bonds. The van der Waals surface area contributed by atoms with Crippen molar-refractivity contribution in [2.75, 3.05) is 5.32 Å². The van der Waals surface area contributed by atoms with E-state index in [0.29, 0.717) is 12.0 Å². The Hall–Kier alpha value is -1.64. The molecule has 0 bridgehead atoms. The summed E-state index contributed by atoms with van der Waals surface area (Å²) >= 11 is 0. The van der Waals surface area contributed by atoms with Gasteiger partial charge in [0.15, 0.2) is 0 Å². The molecule has 1 aromatic carbocycles. The Morgan fingerprint density at radius 1 is 1.18 bits per heavy atom. The summed E-state index contributed by atoms with van der Waals surface area (Å²) in [6, 6.07) is 8.34. The van der Waals surface area contributed by atoms with Crippen LogP contribution in [0.4, 0.5) is 5.82 Å². The van der Waals surface area contributed by atoms with Gasteiger partial charge < -0.3 is 5.32 Å². The number of hydrogen-bond acceptors (Lipinski definition) is 3. The first-order valence-corrected chi connectivity index (χ1v) is 6.19. The Morgan fingerprint density at radius 3 is 2.59 bits per heavy atom. The van der Waals surface area contributed by atoms with Crippen LogP contribution in [0.3, 0.4) is 0 Å². The van der Waals surface area contributed by atoms with Crippen molar-refractivity contribution in [2.24, 2.45) is 5.92 Å². The lowest BCUT2D eigenvalue weighted by atomic mass is 10.0. The molecule has 0 spiro atoms. The fraction of sp³-hybridized carbons (Fsp3) is 0.429. The molecule has 3 nitrogen and oxygen atoms in total. The highest BCUT2D eigenvalue weighted by atomic mass is 15.0. The zero-order valence-corrected chi connectivity index (χ0v) is 10.6. The number of hydrogen-bond donors (Lipinski definition) is 1. The summed E-state index contributed by atoms with van der Waals surface area (Å²) in [6.45, 7) is 6.63. The van der Waals surface area contributed by atoms with Crippen LogP contribution >= 0.6 is 0 Å². The van der Waals surface area contributed by atoms with Gasteiger partial charge in [-0.1, -0.05) is 32.4 Å². The molecule has 0 saturated carbocycles. The number of benzene rings is 1. The predicted octanol–water partition coefficient (Wildman–Crippen LogP) is 3.48. The molecule has 0 saturated heterocycles. The van der Waals surface area contributed by atoms with Gasteiger partial charge in [-0.05, 0) is 25.0 Å². The third-order valence-corrected chi connectivity index (χ3v) is 3.32. The van der Waals surface area contributed by atoms with E-state index in [0.717, 1.165) is 23.3 Å². The smallest absolute Gasteiger partial charge is 0.145 e. The van der Waals surface area contributed by atoms with Gasteiger partial charge in [0.05, 0.1) is 17.2 Å². The molecule has 2 unspecified atom stereocenters. The van der Waals surface area contributed by atoms with E-state index in [4.69, 9.17) is 0 Å². The Labute approximate surface area is 102 Å². The fourth-order valence-corrected chi connectivity index (χ4v) is 1.76. The number of para-hydroxylation sites is 2. The molecule has 17 heavy (non-hydrogen) atoms. The van der Waals surface area contributed by atoms with Crippen molar-refractivity contribution in [3.63, 3.8) is 0 Å². The number of fused-ring (bicyclic) bond motifs is 1. The van der Waals surface area contributed by atoms with Crippen LogP contribution in [-0.4, -0.2) is 16.0 Å². The van der Waals surface area contributed by atoms with Crippen LogP contribution in [-0.2, 0) is 0 Å². The quantitative estimate of drug-likeness (QED) is 0.872. The van der Waals surface area contributed by atoms with Crippen LogP contribution in [0.5, 0.6) is 0 Å². The normalized spacial score (nSPS) is 14.5. The summed E-state index contributed by atoms with van der Waals surface area (Å²) in [5.74, 6) is 1.49. The first kappa shape index (κ1) is 11.8. The standard InChI is InChI=1S/C14H19N3/c1-4-10(2)11(3)16-14-9-15-12-7-5-6-8-13(12)17-14/h5-11H,4H2,1-3H3,(H,16,17). The molecule has 1 aromatic heterocycles. The van der Waals surface area contributed by atoms with Gasteiger partial charge >= 0.3 is 0 Å². The molecule has 2 rings (SSSR count). The summed E-state index contributed by atoms with van der Waals surface area (Å²) in [6.07, 6.45) is 2.97. The molecular weight excluding hydrogens is 210 g/mol. The summed E-state index contributed by atoms with van der Waals surface area (Å²) in [5, 5.41) is 3.41. The second-order valence-corrected chi connectivity index (χ2v) is 4.56. The Kier molecular flexibility index (Phi) is 3.57. The van der Waals surface area contributed by atoms with E-state index >= 15 is 0 Å². The van der Waals surface area contributed by atoms with Crippen molar-refractivity contribution in [1.82, 2.24) is 9.97 Å². The highest BCUT2D eigenvalue weighted by Crippen LogP contribution is 2.15. The van der Waals surface area contributed by atoms with Gasteiger partial charge in [0, 0.05) is 6.04 Å². The molecule has 1 N–H and O–H groups in total. The topological polar surface area (TPSA) is 37.8 Å². The third-order valence-electron chi connectivity index (χ3n) is 3.32. The van der Waals surface area contributed by atoms with E-state index in [9.17, 15) is 0 Å². The van der Waals surface area contributed by atoms with Gasteiger partial charge in [-0.25, -0.2) is 4.98 Å². The van der Waals surface area contributed by atoms with E-state index in [2.05, 4.69) is 36.1 Å². The molecule has 90 valence electrons. The highest BCUT2D eigenvalue weighted by Gasteiger charge is 2.10. The van der Waals surface area contributed by atoms with E-state index in [-0.39, 0.29) is 0 Å². The lowest BCUT2D eigenvalue weighted by molar-refractivity contribution is 0.493. The number of rotatable bonds is 4. The lowest BCUT2D eigenvalue weighted by Crippen LogP contribution is -2.23. The average Bonchev–Trinajstić information content (AvgIpc) is 2.37. The fourth-order valence-electron chi connectivity index (χ4n) is 1.76. The van der Waals surface area contributed by atoms with Crippen molar-refractivity contribution in [3.05, 3.63) is 30.5 Å². The first-order valence-electron chi connectivity index (χ1n) is 6.19. The monoisotopic (exact) mass is 229 g/mol. The van der Waals surface area contributed by atoms with E-state index in [1.165, 1.54) is 0 Å². The minimum absolute atomic E-state index is 0.412. The molecule has 0 aliphatic rings. The minimum atomic E-state index is 0.412. The van der Waals surface area contributed by atoms with Crippen LogP contribution in [0.25, 0.3) is 11.0 Å². The molecule has 0 fully saturated rings. The van der Waals surface area contributed by atoms with Crippen LogP contribution in [0.2, 0.25) is 0 Å². The number of nitrogens with zero attached hydrogens (tertiary/aromatic N) is 2. The maximum absolute atomic E-state index is 4.56.